The first-order chi connectivity index (χ1) is 8.94. The maximum atomic E-state index is 12.1. The average Bonchev–Trinajstić information content (AvgIpc) is 3.04. The second-order valence-electron chi connectivity index (χ2n) is 5.71. The summed E-state index contributed by atoms with van der Waals surface area (Å²) in [5.74, 6) is 0. The van der Waals surface area contributed by atoms with Gasteiger partial charge in [0.15, 0.2) is 0 Å². The third-order valence-electron chi connectivity index (χ3n) is 3.91. The third kappa shape index (κ3) is 4.37. The van der Waals surface area contributed by atoms with E-state index in [0.29, 0.717) is 12.8 Å². The van der Waals surface area contributed by atoms with Gasteiger partial charge in [-0.25, -0.2) is 0 Å². The van der Waals surface area contributed by atoms with Crippen molar-refractivity contribution in [3.63, 3.8) is 0 Å². The molecular weight excluding hydrogens is 282 g/mol. The van der Waals surface area contributed by atoms with Crippen molar-refractivity contribution in [1.82, 2.24) is 9.44 Å². The van der Waals surface area contributed by atoms with Crippen LogP contribution in [0.5, 0.6) is 0 Å². The molecule has 0 bridgehead atoms. The van der Waals surface area contributed by atoms with Gasteiger partial charge in [0.25, 0.3) is 10.2 Å². The van der Waals surface area contributed by atoms with E-state index in [1.165, 1.54) is 6.42 Å². The van der Waals surface area contributed by atoms with Crippen molar-refractivity contribution < 1.29 is 8.42 Å². The Labute approximate surface area is 120 Å². The first-order valence-corrected chi connectivity index (χ1v) is 8.94. The molecule has 7 heteroatoms. The summed E-state index contributed by atoms with van der Waals surface area (Å²) in [6.07, 6.45) is 8.60. The number of hydrogen-bond donors (Lipinski definition) is 3. The molecule has 4 N–H and O–H groups in total. The minimum atomic E-state index is -3.52. The van der Waals surface area contributed by atoms with Gasteiger partial charge in [-0.05, 0) is 25.7 Å². The Morgan fingerprint density at radius 1 is 1.11 bits per heavy atom. The maximum Gasteiger partial charge on any atom is 0.278 e. The normalized spacial score (nSPS) is 24.4. The van der Waals surface area contributed by atoms with Gasteiger partial charge in [0.2, 0.25) is 0 Å². The van der Waals surface area contributed by atoms with Gasteiger partial charge >= 0.3 is 0 Å². The second-order valence-corrected chi connectivity index (χ2v) is 7.60. The van der Waals surface area contributed by atoms with E-state index in [2.05, 4.69) is 9.44 Å². The van der Waals surface area contributed by atoms with E-state index < -0.39 is 15.7 Å². The second kappa shape index (κ2) is 6.03. The lowest BCUT2D eigenvalue weighted by molar-refractivity contribution is 0.370. The van der Waals surface area contributed by atoms with Crippen LogP contribution in [0, 0.1) is 0 Å². The summed E-state index contributed by atoms with van der Waals surface area (Å²) in [4.78, 5) is 0.274. The van der Waals surface area contributed by atoms with Crippen LogP contribution in [-0.2, 0) is 10.2 Å². The first kappa shape index (κ1) is 15.2. The van der Waals surface area contributed by atoms with Crippen molar-refractivity contribution in [1.29, 1.82) is 0 Å². The first-order valence-electron chi connectivity index (χ1n) is 7.05. The average molecular weight is 305 g/mol. The molecule has 0 heterocycles. The van der Waals surface area contributed by atoms with Crippen LogP contribution in [0.25, 0.3) is 0 Å². The SMILES string of the molecule is NC(=S)C1(NS(=O)(=O)NC2CC2)CCCCCCC1. The van der Waals surface area contributed by atoms with Gasteiger partial charge in [-0.1, -0.05) is 44.3 Å². The molecule has 5 nitrogen and oxygen atoms in total. The number of hydrogen-bond acceptors (Lipinski definition) is 3. The summed E-state index contributed by atoms with van der Waals surface area (Å²) in [7, 11) is -3.52. The highest BCUT2D eigenvalue weighted by atomic mass is 32.2. The highest BCUT2D eigenvalue weighted by Crippen LogP contribution is 2.28. The van der Waals surface area contributed by atoms with Crippen molar-refractivity contribution in [2.45, 2.75) is 69.4 Å². The summed E-state index contributed by atoms with van der Waals surface area (Å²) in [6.45, 7) is 0. The molecule has 0 aromatic heterocycles. The molecule has 0 unspecified atom stereocenters. The predicted molar refractivity (Wildman–Crippen MR) is 80.0 cm³/mol. The van der Waals surface area contributed by atoms with E-state index in [4.69, 9.17) is 18.0 Å². The molecule has 0 saturated heterocycles. The fourth-order valence-corrected chi connectivity index (χ4v) is 4.50. The fraction of sp³-hybridized carbons (Fsp3) is 0.917. The molecule has 19 heavy (non-hydrogen) atoms. The van der Waals surface area contributed by atoms with Crippen molar-refractivity contribution in [2.24, 2.45) is 5.73 Å². The molecular formula is C12H23N3O2S2. The number of thiocarbonyl (C=S) groups is 1. The van der Waals surface area contributed by atoms with Crippen LogP contribution in [-0.4, -0.2) is 25.0 Å². The predicted octanol–water partition coefficient (Wildman–Crippen LogP) is 1.34. The zero-order valence-electron chi connectivity index (χ0n) is 11.2. The molecule has 0 atom stereocenters. The molecule has 0 aromatic carbocycles. The molecule has 2 aliphatic carbocycles. The van der Waals surface area contributed by atoms with Crippen LogP contribution in [0.15, 0.2) is 0 Å². The van der Waals surface area contributed by atoms with Gasteiger partial charge in [0.1, 0.15) is 0 Å². The largest absolute Gasteiger partial charge is 0.392 e. The highest BCUT2D eigenvalue weighted by Gasteiger charge is 2.39. The Bertz CT molecular complexity index is 424. The van der Waals surface area contributed by atoms with Crippen LogP contribution >= 0.6 is 12.2 Å². The zero-order chi connectivity index (χ0) is 13.9. The molecule has 110 valence electrons. The van der Waals surface area contributed by atoms with Gasteiger partial charge in [0, 0.05) is 6.04 Å². The molecule has 2 aliphatic rings. The molecule has 0 aromatic rings. The molecule has 0 amide bonds. The summed E-state index contributed by atoms with van der Waals surface area (Å²) in [5.41, 5.74) is 5.11. The topological polar surface area (TPSA) is 84.2 Å². The fourth-order valence-electron chi connectivity index (χ4n) is 2.61. The summed E-state index contributed by atoms with van der Waals surface area (Å²) in [5, 5.41) is 0. The van der Waals surface area contributed by atoms with Crippen LogP contribution in [0.3, 0.4) is 0 Å². The summed E-state index contributed by atoms with van der Waals surface area (Å²) >= 11 is 5.15. The van der Waals surface area contributed by atoms with Crippen LogP contribution in [0.1, 0.15) is 57.8 Å². The van der Waals surface area contributed by atoms with Gasteiger partial charge < -0.3 is 5.73 Å². The molecule has 0 spiro atoms. The van der Waals surface area contributed by atoms with Gasteiger partial charge in [-0.15, -0.1) is 0 Å². The molecule has 0 radical (unpaired) electrons. The van der Waals surface area contributed by atoms with E-state index >= 15 is 0 Å². The Hall–Kier alpha value is -0.240. The van der Waals surface area contributed by atoms with E-state index in [0.717, 1.165) is 38.5 Å². The number of nitrogens with two attached hydrogens (primary N) is 1. The van der Waals surface area contributed by atoms with E-state index in [1.807, 2.05) is 0 Å². The Morgan fingerprint density at radius 2 is 1.63 bits per heavy atom. The monoisotopic (exact) mass is 305 g/mol. The smallest absolute Gasteiger partial charge is 0.278 e. The van der Waals surface area contributed by atoms with E-state index in [9.17, 15) is 8.42 Å². The standard InChI is InChI=1S/C12H23N3O2S2/c13-11(18)12(8-4-2-1-3-5-9-12)15-19(16,17)14-10-6-7-10/h10,14-15H,1-9H2,(H2,13,18). The molecule has 0 aliphatic heterocycles. The van der Waals surface area contributed by atoms with Crippen LogP contribution < -0.4 is 15.2 Å². The van der Waals surface area contributed by atoms with Crippen molar-refractivity contribution >= 4 is 27.4 Å². The van der Waals surface area contributed by atoms with Crippen molar-refractivity contribution in [2.75, 3.05) is 0 Å². The van der Waals surface area contributed by atoms with Crippen LogP contribution in [0.2, 0.25) is 0 Å². The lowest BCUT2D eigenvalue weighted by Gasteiger charge is -2.35. The molecule has 2 rings (SSSR count). The Balaban J connectivity index is 2.10. The number of rotatable bonds is 5. The minimum Gasteiger partial charge on any atom is -0.392 e. The Morgan fingerprint density at radius 3 is 2.11 bits per heavy atom. The van der Waals surface area contributed by atoms with Crippen molar-refractivity contribution in [3.8, 4) is 0 Å². The quantitative estimate of drug-likeness (QED) is 0.669. The van der Waals surface area contributed by atoms with E-state index in [1.54, 1.807) is 0 Å². The molecule has 2 saturated carbocycles. The highest BCUT2D eigenvalue weighted by molar-refractivity contribution is 7.87. The minimum absolute atomic E-state index is 0.0921. The van der Waals surface area contributed by atoms with E-state index in [-0.39, 0.29) is 11.0 Å². The van der Waals surface area contributed by atoms with Gasteiger partial charge in [-0.2, -0.15) is 17.9 Å². The zero-order valence-corrected chi connectivity index (χ0v) is 12.8. The van der Waals surface area contributed by atoms with Gasteiger partial charge in [-0.3, -0.25) is 0 Å². The lowest BCUT2D eigenvalue weighted by Crippen LogP contribution is -2.59. The summed E-state index contributed by atoms with van der Waals surface area (Å²) in [6, 6.07) is 0.0921. The van der Waals surface area contributed by atoms with Crippen LogP contribution in [0.4, 0.5) is 0 Å². The molecule has 2 fully saturated rings. The van der Waals surface area contributed by atoms with Gasteiger partial charge in [0.05, 0.1) is 10.5 Å². The van der Waals surface area contributed by atoms with Crippen molar-refractivity contribution in [3.05, 3.63) is 0 Å². The Kier molecular flexibility index (Phi) is 4.81. The third-order valence-corrected chi connectivity index (χ3v) is 5.60. The summed E-state index contributed by atoms with van der Waals surface area (Å²) < 4.78 is 29.6. The maximum absolute atomic E-state index is 12.1. The lowest BCUT2D eigenvalue weighted by atomic mass is 9.85. The number of nitrogens with one attached hydrogen (secondary N) is 2.